The van der Waals surface area contributed by atoms with Crippen LogP contribution >= 0.6 is 0 Å². The van der Waals surface area contributed by atoms with Gasteiger partial charge in [-0.15, -0.1) is 0 Å². The van der Waals surface area contributed by atoms with Crippen molar-refractivity contribution in [3.63, 3.8) is 0 Å². The summed E-state index contributed by atoms with van der Waals surface area (Å²) in [7, 11) is 1.85. The number of aryl methyl sites for hydroxylation is 1. The van der Waals surface area contributed by atoms with E-state index in [1.54, 1.807) is 10.9 Å². The smallest absolute Gasteiger partial charge is 0.219 e. The van der Waals surface area contributed by atoms with E-state index in [4.69, 9.17) is 9.47 Å². The lowest BCUT2D eigenvalue weighted by Gasteiger charge is -2.11. The van der Waals surface area contributed by atoms with Crippen molar-refractivity contribution >= 4 is 17.0 Å². The van der Waals surface area contributed by atoms with Gasteiger partial charge in [0.2, 0.25) is 5.88 Å². The number of rotatable bonds is 1. The minimum absolute atomic E-state index is 0.383. The molecule has 7 heteroatoms. The molecule has 2 bridgehead atoms. The zero-order chi connectivity index (χ0) is 20.4. The van der Waals surface area contributed by atoms with Crippen molar-refractivity contribution < 1.29 is 9.47 Å². The molecular formula is C22H21N5O2. The summed E-state index contributed by atoms with van der Waals surface area (Å²) in [6.45, 7) is 7.00. The number of allylic oxidation sites excluding steroid dienone is 3. The maximum Gasteiger partial charge on any atom is 0.219 e. The van der Waals surface area contributed by atoms with Crippen molar-refractivity contribution in [1.82, 2.24) is 20.0 Å². The highest BCUT2D eigenvalue weighted by Crippen LogP contribution is 2.32. The minimum atomic E-state index is 0.383. The average Bonchev–Trinajstić information content (AvgIpc) is 3.30. The van der Waals surface area contributed by atoms with Gasteiger partial charge in [-0.25, -0.2) is 4.68 Å². The van der Waals surface area contributed by atoms with E-state index >= 15 is 0 Å². The maximum absolute atomic E-state index is 9.33. The average molecular weight is 387 g/mol. The fourth-order valence-corrected chi connectivity index (χ4v) is 3.35. The summed E-state index contributed by atoms with van der Waals surface area (Å²) >= 11 is 0. The van der Waals surface area contributed by atoms with Crippen LogP contribution in [0.5, 0.6) is 5.88 Å². The Labute approximate surface area is 168 Å². The Kier molecular flexibility index (Phi) is 5.02. The molecule has 0 unspecified atom stereocenters. The predicted octanol–water partition coefficient (Wildman–Crippen LogP) is 3.78. The molecule has 1 N–H and O–H groups in total. The first-order valence-electron chi connectivity index (χ1n) is 9.26. The number of aromatic amines is 1. The number of hydrogen-bond donors (Lipinski definition) is 1. The van der Waals surface area contributed by atoms with Gasteiger partial charge in [0.15, 0.2) is 0 Å². The summed E-state index contributed by atoms with van der Waals surface area (Å²) in [5.74, 6) is 0.689. The normalized spacial score (nSPS) is 18.4. The summed E-state index contributed by atoms with van der Waals surface area (Å²) in [6.07, 6.45) is 5.60. The topological polar surface area (TPSA) is 88.8 Å². The molecule has 3 heterocycles. The number of H-pyrrole nitrogens is 1. The Balaban J connectivity index is 1.86. The van der Waals surface area contributed by atoms with E-state index in [-0.39, 0.29) is 0 Å². The quantitative estimate of drug-likeness (QED) is 0.642. The Morgan fingerprint density at radius 3 is 3.00 bits per heavy atom. The van der Waals surface area contributed by atoms with Gasteiger partial charge in [0, 0.05) is 12.4 Å². The molecule has 0 amide bonds. The van der Waals surface area contributed by atoms with E-state index in [0.717, 1.165) is 38.9 Å². The fraction of sp³-hybridized carbons (Fsp3) is 0.227. The second-order valence-corrected chi connectivity index (χ2v) is 6.87. The molecule has 0 fully saturated rings. The molecule has 146 valence electrons. The van der Waals surface area contributed by atoms with Gasteiger partial charge >= 0.3 is 0 Å². The van der Waals surface area contributed by atoms with Gasteiger partial charge in [-0.2, -0.15) is 15.5 Å². The van der Waals surface area contributed by atoms with Crippen LogP contribution in [0.15, 0.2) is 53.8 Å². The molecule has 2 aromatic heterocycles. The second kappa shape index (κ2) is 7.78. The molecule has 1 aliphatic rings. The van der Waals surface area contributed by atoms with E-state index in [2.05, 4.69) is 34.0 Å². The van der Waals surface area contributed by atoms with Gasteiger partial charge in [-0.05, 0) is 41.8 Å². The lowest BCUT2D eigenvalue weighted by atomic mass is 10.0. The third-order valence-corrected chi connectivity index (χ3v) is 4.90. The van der Waals surface area contributed by atoms with Crippen molar-refractivity contribution in [2.24, 2.45) is 7.05 Å². The Morgan fingerprint density at radius 2 is 2.17 bits per heavy atom. The third-order valence-electron chi connectivity index (χ3n) is 4.90. The van der Waals surface area contributed by atoms with E-state index in [9.17, 15) is 5.26 Å². The molecular weight excluding hydrogens is 366 g/mol. The third kappa shape index (κ3) is 3.58. The molecule has 0 saturated carbocycles. The van der Waals surface area contributed by atoms with E-state index < -0.39 is 0 Å². The molecule has 7 nitrogen and oxygen atoms in total. The molecule has 29 heavy (non-hydrogen) atoms. The molecule has 0 saturated heterocycles. The van der Waals surface area contributed by atoms with E-state index in [0.29, 0.717) is 31.3 Å². The molecule has 4 rings (SSSR count). The SMILES string of the molecule is C=C(C#N)C1=C(\C)COCCOc2c(cnn2C)-c2ccc3n[nH]c(c3c2)\C=C\1. The minimum Gasteiger partial charge on any atom is -0.475 e. The van der Waals surface area contributed by atoms with Gasteiger partial charge in [0.05, 0.1) is 47.8 Å². The van der Waals surface area contributed by atoms with Crippen molar-refractivity contribution in [2.45, 2.75) is 6.92 Å². The number of nitriles is 1. The zero-order valence-corrected chi connectivity index (χ0v) is 16.4. The van der Waals surface area contributed by atoms with E-state index in [1.807, 2.05) is 38.3 Å². The van der Waals surface area contributed by atoms with Gasteiger partial charge in [-0.1, -0.05) is 18.7 Å². The van der Waals surface area contributed by atoms with Crippen molar-refractivity contribution in [2.75, 3.05) is 19.8 Å². The van der Waals surface area contributed by atoms with Crippen molar-refractivity contribution in [3.05, 3.63) is 59.5 Å². The number of benzene rings is 1. The van der Waals surface area contributed by atoms with Crippen LogP contribution in [-0.2, 0) is 11.8 Å². The fourth-order valence-electron chi connectivity index (χ4n) is 3.35. The molecule has 0 aliphatic carbocycles. The molecule has 1 aliphatic heterocycles. The lowest BCUT2D eigenvalue weighted by Crippen LogP contribution is -2.11. The monoisotopic (exact) mass is 387 g/mol. The van der Waals surface area contributed by atoms with Crippen molar-refractivity contribution in [1.29, 1.82) is 5.26 Å². The highest BCUT2D eigenvalue weighted by atomic mass is 16.5. The molecule has 0 atom stereocenters. The summed E-state index contributed by atoms with van der Waals surface area (Å²) in [4.78, 5) is 0. The highest BCUT2D eigenvalue weighted by Gasteiger charge is 2.15. The Bertz CT molecular complexity index is 1190. The highest BCUT2D eigenvalue weighted by molar-refractivity contribution is 5.91. The summed E-state index contributed by atoms with van der Waals surface area (Å²) in [5.41, 5.74) is 5.68. The number of nitrogens with one attached hydrogen (secondary N) is 1. The number of hydrogen-bond acceptors (Lipinski definition) is 5. The predicted molar refractivity (Wildman–Crippen MR) is 111 cm³/mol. The van der Waals surface area contributed by atoms with Gasteiger partial charge in [-0.3, -0.25) is 5.10 Å². The molecule has 0 spiro atoms. The number of fused-ring (bicyclic) bond motifs is 3. The van der Waals surface area contributed by atoms with Crippen LogP contribution in [0.3, 0.4) is 0 Å². The summed E-state index contributed by atoms with van der Waals surface area (Å²) in [6, 6.07) is 8.16. The number of aromatic nitrogens is 4. The van der Waals surface area contributed by atoms with Gasteiger partial charge in [0.1, 0.15) is 6.61 Å². The van der Waals surface area contributed by atoms with Crippen LogP contribution in [0, 0.1) is 11.3 Å². The Morgan fingerprint density at radius 1 is 1.31 bits per heavy atom. The number of ether oxygens (including phenoxy) is 2. The molecule has 0 radical (unpaired) electrons. The first-order valence-corrected chi connectivity index (χ1v) is 9.26. The van der Waals surface area contributed by atoms with Crippen LogP contribution < -0.4 is 4.74 Å². The molecule has 1 aromatic carbocycles. The molecule has 3 aromatic rings. The van der Waals surface area contributed by atoms with Crippen LogP contribution in [-0.4, -0.2) is 39.8 Å². The first kappa shape index (κ1) is 18.7. The van der Waals surface area contributed by atoms with Crippen LogP contribution in [0.1, 0.15) is 12.6 Å². The van der Waals surface area contributed by atoms with Crippen LogP contribution in [0.2, 0.25) is 0 Å². The van der Waals surface area contributed by atoms with E-state index in [1.165, 1.54) is 0 Å². The summed E-state index contributed by atoms with van der Waals surface area (Å²) in [5, 5.41) is 22.1. The van der Waals surface area contributed by atoms with Crippen LogP contribution in [0.4, 0.5) is 0 Å². The second-order valence-electron chi connectivity index (χ2n) is 6.87. The van der Waals surface area contributed by atoms with Gasteiger partial charge in [0.25, 0.3) is 0 Å². The first-order chi connectivity index (χ1) is 14.1. The van der Waals surface area contributed by atoms with Crippen LogP contribution in [0.25, 0.3) is 28.1 Å². The van der Waals surface area contributed by atoms with Crippen molar-refractivity contribution in [3.8, 4) is 23.1 Å². The maximum atomic E-state index is 9.33. The lowest BCUT2D eigenvalue weighted by molar-refractivity contribution is 0.113. The standard InChI is InChI=1S/C22H21N5O2/c1-14(11-23)17-5-7-21-18-10-16(4-6-20(18)25-26-21)19-12-24-27(3)22(19)29-9-8-28-13-15(17)2/h4-7,10,12H,1,8-9,13H2,2-3H3,(H,25,26)/b7-5+,17-15+. The largest absolute Gasteiger partial charge is 0.475 e. The van der Waals surface area contributed by atoms with Gasteiger partial charge < -0.3 is 9.47 Å². The Hall–Kier alpha value is -3.63. The number of nitrogens with zero attached hydrogens (tertiary/aromatic N) is 4. The summed E-state index contributed by atoms with van der Waals surface area (Å²) < 4.78 is 13.4. The zero-order valence-electron chi connectivity index (χ0n) is 16.4.